The van der Waals surface area contributed by atoms with Gasteiger partial charge in [-0.2, -0.15) is 0 Å². The van der Waals surface area contributed by atoms with Crippen LogP contribution in [0.4, 0.5) is 13.2 Å². The van der Waals surface area contributed by atoms with Crippen LogP contribution in [0.3, 0.4) is 0 Å². The standard InChI is InChI=1S/C18H24F3N3/c1-11(2)22-7-3-4-15-16-8-12(9-24(16)10-23-15)17-13(19)5-6-14(20)18(17)21/h5-6,11-12,22-23H,3-4,7-10H2,1-2H3/t12-/m0/s1. The third-order valence-electron chi connectivity index (χ3n) is 4.74. The van der Waals surface area contributed by atoms with Crippen LogP contribution in [0.25, 0.3) is 0 Å². The second-order valence-corrected chi connectivity index (χ2v) is 6.85. The van der Waals surface area contributed by atoms with Crippen molar-refractivity contribution in [3.63, 3.8) is 0 Å². The Morgan fingerprint density at radius 2 is 2.00 bits per heavy atom. The molecule has 6 heteroatoms. The lowest BCUT2D eigenvalue weighted by Gasteiger charge is -2.15. The topological polar surface area (TPSA) is 27.3 Å². The van der Waals surface area contributed by atoms with Crippen LogP contribution >= 0.6 is 0 Å². The van der Waals surface area contributed by atoms with Gasteiger partial charge in [-0.05, 0) is 37.9 Å². The fraction of sp³-hybridized carbons (Fsp3) is 0.556. The number of fused-ring (bicyclic) bond motifs is 1. The number of nitrogens with one attached hydrogen (secondary N) is 2. The zero-order chi connectivity index (χ0) is 17.3. The highest BCUT2D eigenvalue weighted by Gasteiger charge is 2.36. The molecule has 0 unspecified atom stereocenters. The zero-order valence-electron chi connectivity index (χ0n) is 14.1. The molecular formula is C18H24F3N3. The van der Waals surface area contributed by atoms with Crippen molar-refractivity contribution < 1.29 is 13.2 Å². The Bertz CT molecular complexity index is 643. The average molecular weight is 339 g/mol. The number of hydrogen-bond donors (Lipinski definition) is 2. The summed E-state index contributed by atoms with van der Waals surface area (Å²) in [4.78, 5) is 2.11. The van der Waals surface area contributed by atoms with Gasteiger partial charge in [-0.1, -0.05) is 13.8 Å². The van der Waals surface area contributed by atoms with Crippen LogP contribution < -0.4 is 10.6 Å². The van der Waals surface area contributed by atoms with Crippen molar-refractivity contribution in [3.8, 4) is 0 Å². The Hall–Kier alpha value is -1.69. The van der Waals surface area contributed by atoms with Crippen molar-refractivity contribution in [2.75, 3.05) is 19.8 Å². The molecule has 2 N–H and O–H groups in total. The minimum atomic E-state index is -1.04. The summed E-state index contributed by atoms with van der Waals surface area (Å²) in [5.74, 6) is -3.01. The van der Waals surface area contributed by atoms with Crippen molar-refractivity contribution in [2.24, 2.45) is 0 Å². The third-order valence-corrected chi connectivity index (χ3v) is 4.74. The monoisotopic (exact) mass is 339 g/mol. The van der Waals surface area contributed by atoms with Crippen LogP contribution in [0.1, 0.15) is 44.6 Å². The first kappa shape index (κ1) is 17.1. The molecule has 0 aliphatic carbocycles. The first-order valence-electron chi connectivity index (χ1n) is 8.55. The number of halogens is 3. The van der Waals surface area contributed by atoms with Crippen LogP contribution in [0, 0.1) is 17.5 Å². The summed E-state index contributed by atoms with van der Waals surface area (Å²) in [6.45, 7) is 6.35. The van der Waals surface area contributed by atoms with Gasteiger partial charge in [0.2, 0.25) is 0 Å². The van der Waals surface area contributed by atoms with Crippen LogP contribution in [-0.4, -0.2) is 30.7 Å². The van der Waals surface area contributed by atoms with Crippen molar-refractivity contribution in [2.45, 2.75) is 45.1 Å². The molecule has 1 aromatic carbocycles. The van der Waals surface area contributed by atoms with E-state index >= 15 is 0 Å². The smallest absolute Gasteiger partial charge is 0.165 e. The SMILES string of the molecule is CC(C)NCCCC1=C2C[C@H](c3c(F)ccc(F)c3F)CN2CN1. The molecule has 2 aliphatic rings. The van der Waals surface area contributed by atoms with Gasteiger partial charge in [0.1, 0.15) is 5.82 Å². The van der Waals surface area contributed by atoms with E-state index in [1.165, 1.54) is 0 Å². The van der Waals surface area contributed by atoms with Gasteiger partial charge in [0.05, 0.1) is 6.67 Å². The molecule has 132 valence electrons. The Morgan fingerprint density at radius 1 is 1.25 bits per heavy atom. The van der Waals surface area contributed by atoms with Crippen molar-refractivity contribution in [1.29, 1.82) is 0 Å². The van der Waals surface area contributed by atoms with Gasteiger partial charge in [-0.15, -0.1) is 0 Å². The third kappa shape index (κ3) is 3.38. The first-order valence-corrected chi connectivity index (χ1v) is 8.55. The molecule has 0 aromatic heterocycles. The lowest BCUT2D eigenvalue weighted by Crippen LogP contribution is -2.25. The van der Waals surface area contributed by atoms with Gasteiger partial charge in [0.25, 0.3) is 0 Å². The van der Waals surface area contributed by atoms with E-state index in [1.54, 1.807) is 0 Å². The van der Waals surface area contributed by atoms with Gasteiger partial charge in [0, 0.05) is 35.5 Å². The molecule has 1 saturated heterocycles. The number of hydrogen-bond acceptors (Lipinski definition) is 3. The summed E-state index contributed by atoms with van der Waals surface area (Å²) in [6, 6.07) is 2.33. The van der Waals surface area contributed by atoms with E-state index in [0.717, 1.165) is 42.9 Å². The van der Waals surface area contributed by atoms with Crippen LogP contribution in [0.5, 0.6) is 0 Å². The molecular weight excluding hydrogens is 315 g/mol. The number of rotatable bonds is 6. The largest absolute Gasteiger partial charge is 0.370 e. The molecule has 0 radical (unpaired) electrons. The number of allylic oxidation sites excluding steroid dienone is 2. The quantitative estimate of drug-likeness (QED) is 0.614. The maximum absolute atomic E-state index is 14.0. The van der Waals surface area contributed by atoms with Gasteiger partial charge in [-0.25, -0.2) is 13.2 Å². The Morgan fingerprint density at radius 3 is 2.75 bits per heavy atom. The van der Waals surface area contributed by atoms with E-state index in [1.807, 2.05) is 0 Å². The van der Waals surface area contributed by atoms with E-state index in [2.05, 4.69) is 29.4 Å². The summed E-state index contributed by atoms with van der Waals surface area (Å²) in [7, 11) is 0. The summed E-state index contributed by atoms with van der Waals surface area (Å²) in [6.07, 6.45) is 2.47. The highest BCUT2D eigenvalue weighted by Crippen LogP contribution is 2.40. The van der Waals surface area contributed by atoms with Crippen molar-refractivity contribution >= 4 is 0 Å². The molecule has 24 heavy (non-hydrogen) atoms. The number of nitrogens with zero attached hydrogens (tertiary/aromatic N) is 1. The molecule has 2 aliphatic heterocycles. The second-order valence-electron chi connectivity index (χ2n) is 6.85. The Balaban J connectivity index is 1.70. The minimum absolute atomic E-state index is 0.113. The van der Waals surface area contributed by atoms with Crippen LogP contribution in [-0.2, 0) is 0 Å². The van der Waals surface area contributed by atoms with Gasteiger partial charge in [-0.3, -0.25) is 0 Å². The lowest BCUT2D eigenvalue weighted by atomic mass is 9.95. The van der Waals surface area contributed by atoms with Gasteiger partial charge < -0.3 is 15.5 Å². The number of benzene rings is 1. The second kappa shape index (κ2) is 7.05. The first-order chi connectivity index (χ1) is 11.5. The predicted octanol–water partition coefficient (Wildman–Crippen LogP) is 3.44. The Labute approximate surface area is 140 Å². The molecule has 1 atom stereocenters. The average Bonchev–Trinajstić information content (AvgIpc) is 3.09. The maximum atomic E-state index is 14.0. The summed E-state index contributed by atoms with van der Waals surface area (Å²) >= 11 is 0. The maximum Gasteiger partial charge on any atom is 0.165 e. The van der Waals surface area contributed by atoms with Gasteiger partial charge >= 0.3 is 0 Å². The summed E-state index contributed by atoms with van der Waals surface area (Å²) < 4.78 is 41.5. The van der Waals surface area contributed by atoms with E-state index < -0.39 is 17.5 Å². The molecule has 0 amide bonds. The van der Waals surface area contributed by atoms with Crippen LogP contribution in [0.2, 0.25) is 0 Å². The molecule has 2 heterocycles. The minimum Gasteiger partial charge on any atom is -0.370 e. The normalized spacial score (nSPS) is 20.1. The molecule has 1 fully saturated rings. The lowest BCUT2D eigenvalue weighted by molar-refractivity contribution is 0.390. The van der Waals surface area contributed by atoms with Crippen molar-refractivity contribution in [1.82, 2.24) is 15.5 Å². The molecule has 1 aromatic rings. The summed E-state index contributed by atoms with van der Waals surface area (Å²) in [5.41, 5.74) is 2.16. The molecule has 3 nitrogen and oxygen atoms in total. The highest BCUT2D eigenvalue weighted by molar-refractivity contribution is 5.32. The molecule has 0 bridgehead atoms. The zero-order valence-corrected chi connectivity index (χ0v) is 14.1. The van der Waals surface area contributed by atoms with E-state index in [-0.39, 0.29) is 11.5 Å². The Kier molecular flexibility index (Phi) is 5.04. The molecule has 0 spiro atoms. The van der Waals surface area contributed by atoms with E-state index in [4.69, 9.17) is 0 Å². The van der Waals surface area contributed by atoms with Gasteiger partial charge in [0.15, 0.2) is 11.6 Å². The predicted molar refractivity (Wildman–Crippen MR) is 87.8 cm³/mol. The highest BCUT2D eigenvalue weighted by atomic mass is 19.2. The fourth-order valence-corrected chi connectivity index (χ4v) is 3.57. The molecule has 0 saturated carbocycles. The molecule has 3 rings (SSSR count). The van der Waals surface area contributed by atoms with E-state index in [0.29, 0.717) is 25.7 Å². The van der Waals surface area contributed by atoms with E-state index in [9.17, 15) is 13.2 Å². The van der Waals surface area contributed by atoms with Crippen molar-refractivity contribution in [3.05, 3.63) is 46.5 Å². The van der Waals surface area contributed by atoms with Crippen LogP contribution in [0.15, 0.2) is 23.5 Å². The fourth-order valence-electron chi connectivity index (χ4n) is 3.57. The summed E-state index contributed by atoms with van der Waals surface area (Å²) in [5, 5.41) is 6.76.